The quantitative estimate of drug-likeness (QED) is 0.793. The molecule has 0 aromatic heterocycles. The molecule has 0 aliphatic heterocycles. The van der Waals surface area contributed by atoms with Gasteiger partial charge in [-0.3, -0.25) is 0 Å². The lowest BCUT2D eigenvalue weighted by Gasteiger charge is -2.05. The van der Waals surface area contributed by atoms with Gasteiger partial charge in [0.1, 0.15) is 0 Å². The normalized spacial score (nSPS) is 24.2. The molecule has 0 spiro atoms. The molecule has 0 radical (unpaired) electrons. The van der Waals surface area contributed by atoms with Crippen LogP contribution in [0.3, 0.4) is 0 Å². The molecular weight excluding hydrogens is 182 g/mol. The van der Waals surface area contributed by atoms with E-state index in [9.17, 15) is 0 Å². The van der Waals surface area contributed by atoms with Gasteiger partial charge in [-0.1, -0.05) is 36.2 Å². The van der Waals surface area contributed by atoms with E-state index < -0.39 is 0 Å². The molecule has 2 unspecified atom stereocenters. The van der Waals surface area contributed by atoms with Crippen molar-refractivity contribution in [2.45, 2.75) is 33.1 Å². The van der Waals surface area contributed by atoms with Gasteiger partial charge in [-0.15, -0.1) is 0 Å². The summed E-state index contributed by atoms with van der Waals surface area (Å²) in [4.78, 5) is 0. The highest BCUT2D eigenvalue weighted by molar-refractivity contribution is 5.34. The van der Waals surface area contributed by atoms with Crippen molar-refractivity contribution in [1.82, 2.24) is 5.32 Å². The number of benzene rings is 1. The SMILES string of the molecule is CCNCC1CC1c1cc(C)cc(C)c1. The van der Waals surface area contributed by atoms with E-state index in [1.807, 2.05) is 0 Å². The monoisotopic (exact) mass is 203 g/mol. The van der Waals surface area contributed by atoms with Crippen molar-refractivity contribution < 1.29 is 0 Å². The van der Waals surface area contributed by atoms with Crippen LogP contribution in [0.25, 0.3) is 0 Å². The molecule has 1 aromatic rings. The zero-order valence-electron chi connectivity index (χ0n) is 10.0. The Bertz CT molecular complexity index is 323. The van der Waals surface area contributed by atoms with Gasteiger partial charge in [0.15, 0.2) is 0 Å². The Balaban J connectivity index is 2.00. The summed E-state index contributed by atoms with van der Waals surface area (Å²) in [5, 5.41) is 3.44. The summed E-state index contributed by atoms with van der Waals surface area (Å²) in [6.45, 7) is 8.84. The van der Waals surface area contributed by atoms with Crippen LogP contribution in [0.4, 0.5) is 0 Å². The van der Waals surface area contributed by atoms with E-state index in [0.29, 0.717) is 0 Å². The van der Waals surface area contributed by atoms with Crippen molar-refractivity contribution in [3.05, 3.63) is 34.9 Å². The lowest BCUT2D eigenvalue weighted by atomic mass is 10.0. The first-order valence-electron chi connectivity index (χ1n) is 5.99. The molecule has 0 saturated heterocycles. The van der Waals surface area contributed by atoms with E-state index in [1.165, 1.54) is 24.1 Å². The Morgan fingerprint density at radius 2 is 1.87 bits per heavy atom. The highest BCUT2D eigenvalue weighted by Gasteiger charge is 2.37. The zero-order valence-corrected chi connectivity index (χ0v) is 10.0. The van der Waals surface area contributed by atoms with Crippen LogP contribution >= 0.6 is 0 Å². The smallest absolute Gasteiger partial charge is 0.00146 e. The summed E-state index contributed by atoms with van der Waals surface area (Å²) in [6, 6.07) is 6.96. The van der Waals surface area contributed by atoms with E-state index in [1.54, 1.807) is 5.56 Å². The fourth-order valence-electron chi connectivity index (χ4n) is 2.44. The van der Waals surface area contributed by atoms with Crippen molar-refractivity contribution >= 4 is 0 Å². The van der Waals surface area contributed by atoms with E-state index >= 15 is 0 Å². The zero-order chi connectivity index (χ0) is 10.8. The summed E-state index contributed by atoms with van der Waals surface area (Å²) in [6.07, 6.45) is 1.37. The van der Waals surface area contributed by atoms with Gasteiger partial charge in [0.25, 0.3) is 0 Å². The van der Waals surface area contributed by atoms with Crippen molar-refractivity contribution in [2.24, 2.45) is 5.92 Å². The second-order valence-corrected chi connectivity index (χ2v) is 4.83. The van der Waals surface area contributed by atoms with Crippen molar-refractivity contribution in [3.63, 3.8) is 0 Å². The molecule has 0 heterocycles. The maximum atomic E-state index is 3.44. The Morgan fingerprint density at radius 3 is 2.47 bits per heavy atom. The van der Waals surface area contributed by atoms with E-state index in [0.717, 1.165) is 18.4 Å². The van der Waals surface area contributed by atoms with Crippen molar-refractivity contribution in [2.75, 3.05) is 13.1 Å². The first-order valence-corrected chi connectivity index (χ1v) is 5.99. The Labute approximate surface area is 92.9 Å². The fourth-order valence-corrected chi connectivity index (χ4v) is 2.44. The van der Waals surface area contributed by atoms with Crippen molar-refractivity contribution in [3.8, 4) is 0 Å². The number of nitrogens with one attached hydrogen (secondary N) is 1. The van der Waals surface area contributed by atoms with E-state index in [2.05, 4.69) is 44.3 Å². The third-order valence-electron chi connectivity index (χ3n) is 3.25. The number of hydrogen-bond acceptors (Lipinski definition) is 1. The van der Waals surface area contributed by atoms with Gasteiger partial charge >= 0.3 is 0 Å². The molecule has 1 fully saturated rings. The number of hydrogen-bond donors (Lipinski definition) is 1. The summed E-state index contributed by atoms with van der Waals surface area (Å²) < 4.78 is 0. The third-order valence-corrected chi connectivity index (χ3v) is 3.25. The molecule has 1 aliphatic rings. The lowest BCUT2D eigenvalue weighted by Crippen LogP contribution is -2.16. The molecule has 1 N–H and O–H groups in total. The Kier molecular flexibility index (Phi) is 3.11. The molecule has 0 bridgehead atoms. The van der Waals surface area contributed by atoms with Crippen LogP contribution < -0.4 is 5.32 Å². The maximum Gasteiger partial charge on any atom is -0.00146 e. The van der Waals surface area contributed by atoms with Gasteiger partial charge in [-0.2, -0.15) is 0 Å². The van der Waals surface area contributed by atoms with Gasteiger partial charge in [-0.25, -0.2) is 0 Å². The molecule has 1 nitrogen and oxygen atoms in total. The standard InChI is InChI=1S/C14H21N/c1-4-15-9-13-8-14(13)12-6-10(2)5-11(3)7-12/h5-7,13-15H,4,8-9H2,1-3H3. The predicted molar refractivity (Wildman–Crippen MR) is 65.3 cm³/mol. The van der Waals surface area contributed by atoms with Crippen LogP contribution in [-0.2, 0) is 0 Å². The average Bonchev–Trinajstić information content (AvgIpc) is 2.92. The lowest BCUT2D eigenvalue weighted by molar-refractivity contribution is 0.649. The van der Waals surface area contributed by atoms with Crippen molar-refractivity contribution in [1.29, 1.82) is 0 Å². The maximum absolute atomic E-state index is 3.44. The molecule has 1 heteroatoms. The number of rotatable bonds is 4. The van der Waals surface area contributed by atoms with E-state index in [4.69, 9.17) is 0 Å². The van der Waals surface area contributed by atoms with Gasteiger partial charge in [0.05, 0.1) is 0 Å². The molecule has 2 rings (SSSR count). The highest BCUT2D eigenvalue weighted by atomic mass is 14.9. The summed E-state index contributed by atoms with van der Waals surface area (Å²) in [5.41, 5.74) is 4.36. The minimum absolute atomic E-state index is 0.822. The molecule has 15 heavy (non-hydrogen) atoms. The predicted octanol–water partition coefficient (Wildman–Crippen LogP) is 3.02. The van der Waals surface area contributed by atoms with Crippen LogP contribution in [0.2, 0.25) is 0 Å². The summed E-state index contributed by atoms with van der Waals surface area (Å²) in [7, 11) is 0. The van der Waals surface area contributed by atoms with Gasteiger partial charge in [0.2, 0.25) is 0 Å². The second kappa shape index (κ2) is 4.36. The topological polar surface area (TPSA) is 12.0 Å². The molecule has 2 atom stereocenters. The first-order chi connectivity index (χ1) is 7.20. The minimum atomic E-state index is 0.822. The van der Waals surface area contributed by atoms with Crippen LogP contribution in [0, 0.1) is 19.8 Å². The molecule has 1 aromatic carbocycles. The largest absolute Gasteiger partial charge is 0.317 e. The van der Waals surface area contributed by atoms with Crippen LogP contribution in [0.1, 0.15) is 36.0 Å². The van der Waals surface area contributed by atoms with E-state index in [-0.39, 0.29) is 0 Å². The second-order valence-electron chi connectivity index (χ2n) is 4.83. The molecule has 0 amide bonds. The Morgan fingerprint density at radius 1 is 1.20 bits per heavy atom. The molecule has 1 saturated carbocycles. The molecular formula is C14H21N. The molecule has 1 aliphatic carbocycles. The van der Waals surface area contributed by atoms with Crippen LogP contribution in [-0.4, -0.2) is 13.1 Å². The summed E-state index contributed by atoms with van der Waals surface area (Å²) >= 11 is 0. The summed E-state index contributed by atoms with van der Waals surface area (Å²) in [5.74, 6) is 1.70. The van der Waals surface area contributed by atoms with Gasteiger partial charge in [-0.05, 0) is 50.8 Å². The van der Waals surface area contributed by atoms with Gasteiger partial charge in [0, 0.05) is 0 Å². The fraction of sp³-hybridized carbons (Fsp3) is 0.571. The first kappa shape index (κ1) is 10.7. The third kappa shape index (κ3) is 2.60. The molecule has 82 valence electrons. The van der Waals surface area contributed by atoms with Gasteiger partial charge < -0.3 is 5.32 Å². The minimum Gasteiger partial charge on any atom is -0.317 e. The van der Waals surface area contributed by atoms with Crippen LogP contribution in [0.5, 0.6) is 0 Å². The highest BCUT2D eigenvalue weighted by Crippen LogP contribution is 2.47. The number of aryl methyl sites for hydroxylation is 2. The van der Waals surface area contributed by atoms with Crippen LogP contribution in [0.15, 0.2) is 18.2 Å². The average molecular weight is 203 g/mol. The Hall–Kier alpha value is -0.820.